The molecule has 0 saturated heterocycles. The van der Waals surface area contributed by atoms with Gasteiger partial charge < -0.3 is 0 Å². The number of fused-ring (bicyclic) bond motifs is 2. The van der Waals surface area contributed by atoms with E-state index in [0.717, 1.165) is 42.4 Å². The summed E-state index contributed by atoms with van der Waals surface area (Å²) < 4.78 is 0. The normalized spacial score (nSPS) is 17.4. The molecule has 2 heteroatoms. The van der Waals surface area contributed by atoms with Gasteiger partial charge in [-0.15, -0.1) is 0 Å². The first-order valence-electron chi connectivity index (χ1n) is 8.06. The number of benzene rings is 1. The van der Waals surface area contributed by atoms with Crippen molar-refractivity contribution in [3.63, 3.8) is 0 Å². The molecule has 1 aromatic carbocycles. The minimum Gasteiger partial charge on any atom is -0.289 e. The average molecular weight is 282 g/mol. The van der Waals surface area contributed by atoms with Gasteiger partial charge in [-0.3, -0.25) is 9.59 Å². The zero-order chi connectivity index (χ0) is 15.1. The summed E-state index contributed by atoms with van der Waals surface area (Å²) in [6.07, 6.45) is 7.70. The molecule has 0 atom stereocenters. The molecule has 0 radical (unpaired) electrons. The van der Waals surface area contributed by atoms with Gasteiger partial charge in [0.25, 0.3) is 0 Å². The number of allylic oxidation sites excluding steroid dienone is 2. The molecule has 21 heavy (non-hydrogen) atoms. The second-order valence-corrected chi connectivity index (χ2v) is 6.10. The van der Waals surface area contributed by atoms with Crippen LogP contribution in [0.3, 0.4) is 0 Å². The minimum atomic E-state index is 0.0297. The lowest BCUT2D eigenvalue weighted by molar-refractivity contribution is 0.0982. The molecule has 0 unspecified atom stereocenters. The third-order valence-electron chi connectivity index (χ3n) is 4.94. The number of carbonyl (C=O) groups excluding carboxylic acids is 2. The van der Waals surface area contributed by atoms with E-state index in [0.29, 0.717) is 11.1 Å². The molecule has 2 nitrogen and oxygen atoms in total. The maximum absolute atomic E-state index is 12.7. The van der Waals surface area contributed by atoms with Crippen molar-refractivity contribution in [3.05, 3.63) is 45.0 Å². The topological polar surface area (TPSA) is 34.1 Å². The molecule has 0 aliphatic heterocycles. The van der Waals surface area contributed by atoms with Crippen LogP contribution in [0.25, 0.3) is 0 Å². The van der Waals surface area contributed by atoms with Crippen LogP contribution in [0, 0.1) is 0 Å². The van der Waals surface area contributed by atoms with Crippen molar-refractivity contribution in [2.45, 2.75) is 59.3 Å². The Bertz CT molecular complexity index is 678. The van der Waals surface area contributed by atoms with Crippen LogP contribution < -0.4 is 0 Å². The SMILES string of the molecule is CCc1c2c(c(CC)c3c1C(=O)C=C(C)C3=O)CCCC2. The summed E-state index contributed by atoms with van der Waals surface area (Å²) in [5.74, 6) is 0.0894. The number of hydrogen-bond acceptors (Lipinski definition) is 2. The highest BCUT2D eigenvalue weighted by Gasteiger charge is 2.32. The van der Waals surface area contributed by atoms with Crippen molar-refractivity contribution < 1.29 is 9.59 Å². The first-order valence-corrected chi connectivity index (χ1v) is 8.06. The van der Waals surface area contributed by atoms with Crippen molar-refractivity contribution >= 4 is 11.6 Å². The second-order valence-electron chi connectivity index (χ2n) is 6.10. The van der Waals surface area contributed by atoms with Crippen molar-refractivity contribution in [1.29, 1.82) is 0 Å². The van der Waals surface area contributed by atoms with E-state index in [-0.39, 0.29) is 11.6 Å². The Morgan fingerprint density at radius 3 is 1.95 bits per heavy atom. The van der Waals surface area contributed by atoms with Crippen LogP contribution in [0.1, 0.15) is 76.6 Å². The van der Waals surface area contributed by atoms with E-state index in [2.05, 4.69) is 13.8 Å². The van der Waals surface area contributed by atoms with Crippen molar-refractivity contribution in [3.8, 4) is 0 Å². The predicted molar refractivity (Wildman–Crippen MR) is 84.3 cm³/mol. The summed E-state index contributed by atoms with van der Waals surface area (Å²) in [6, 6.07) is 0. The lowest BCUT2D eigenvalue weighted by Crippen LogP contribution is -2.24. The fraction of sp³-hybridized carbons (Fsp3) is 0.474. The lowest BCUT2D eigenvalue weighted by atomic mass is 9.74. The Kier molecular flexibility index (Phi) is 3.56. The number of ketones is 2. The van der Waals surface area contributed by atoms with Gasteiger partial charge in [-0.2, -0.15) is 0 Å². The van der Waals surface area contributed by atoms with Crippen molar-refractivity contribution in [1.82, 2.24) is 0 Å². The maximum Gasteiger partial charge on any atom is 0.189 e. The average Bonchev–Trinajstić information content (AvgIpc) is 2.50. The molecule has 0 saturated carbocycles. The first kappa shape index (κ1) is 14.2. The molecule has 0 heterocycles. The summed E-state index contributed by atoms with van der Waals surface area (Å²) in [6.45, 7) is 5.95. The molecule has 0 fully saturated rings. The lowest BCUT2D eigenvalue weighted by Gasteiger charge is -2.29. The van der Waals surface area contributed by atoms with Gasteiger partial charge in [0.05, 0.1) is 0 Å². The van der Waals surface area contributed by atoms with Gasteiger partial charge in [-0.05, 0) is 73.8 Å². The molecule has 110 valence electrons. The fourth-order valence-corrected chi connectivity index (χ4v) is 4.01. The number of carbonyl (C=O) groups is 2. The van der Waals surface area contributed by atoms with Gasteiger partial charge in [-0.25, -0.2) is 0 Å². The van der Waals surface area contributed by atoms with E-state index in [4.69, 9.17) is 0 Å². The predicted octanol–water partition coefficient (Wildman–Crippen LogP) is 4.02. The van der Waals surface area contributed by atoms with Crippen LogP contribution in [0.4, 0.5) is 0 Å². The molecule has 0 amide bonds. The zero-order valence-electron chi connectivity index (χ0n) is 13.1. The number of rotatable bonds is 2. The smallest absolute Gasteiger partial charge is 0.189 e. The summed E-state index contributed by atoms with van der Waals surface area (Å²) in [4.78, 5) is 25.2. The first-order chi connectivity index (χ1) is 10.1. The quantitative estimate of drug-likeness (QED) is 0.821. The van der Waals surface area contributed by atoms with Gasteiger partial charge in [0, 0.05) is 16.7 Å². The molecule has 0 N–H and O–H groups in total. The van der Waals surface area contributed by atoms with Crippen molar-refractivity contribution in [2.24, 2.45) is 0 Å². The molecule has 0 spiro atoms. The Balaban J connectivity index is 2.41. The Morgan fingerprint density at radius 2 is 1.43 bits per heavy atom. The van der Waals surface area contributed by atoms with Crippen LogP contribution >= 0.6 is 0 Å². The Hall–Kier alpha value is -1.70. The summed E-state index contributed by atoms with van der Waals surface area (Å²) in [7, 11) is 0. The summed E-state index contributed by atoms with van der Waals surface area (Å²) >= 11 is 0. The number of Topliss-reactive ketones (excluding diaryl/α,β-unsaturated/α-hetero) is 1. The van der Waals surface area contributed by atoms with Gasteiger partial charge >= 0.3 is 0 Å². The van der Waals surface area contributed by atoms with Gasteiger partial charge in [0.1, 0.15) is 0 Å². The standard InChI is InChI=1S/C19H22O2/c1-4-12-14-8-6-7-9-15(14)13(5-2)18-17(12)16(20)10-11(3)19(18)21/h10H,4-9H2,1-3H3. The molecule has 2 aliphatic carbocycles. The van der Waals surface area contributed by atoms with Gasteiger partial charge in [0.2, 0.25) is 0 Å². The molecule has 0 aromatic heterocycles. The molecular weight excluding hydrogens is 260 g/mol. The maximum atomic E-state index is 12.7. The van der Waals surface area contributed by atoms with E-state index in [1.54, 1.807) is 6.92 Å². The highest BCUT2D eigenvalue weighted by molar-refractivity contribution is 6.25. The monoisotopic (exact) mass is 282 g/mol. The van der Waals surface area contributed by atoms with Crippen LogP contribution in [-0.4, -0.2) is 11.6 Å². The third kappa shape index (κ3) is 2.00. The summed E-state index contributed by atoms with van der Waals surface area (Å²) in [5, 5.41) is 0. The Labute approximate surface area is 126 Å². The number of hydrogen-bond donors (Lipinski definition) is 0. The highest BCUT2D eigenvalue weighted by atomic mass is 16.1. The molecule has 3 rings (SSSR count). The summed E-state index contributed by atoms with van der Waals surface area (Å²) in [5.41, 5.74) is 7.04. The van der Waals surface area contributed by atoms with Crippen LogP contribution in [-0.2, 0) is 25.7 Å². The van der Waals surface area contributed by atoms with E-state index in [1.807, 2.05) is 0 Å². The van der Waals surface area contributed by atoms with Gasteiger partial charge in [0.15, 0.2) is 11.6 Å². The highest BCUT2D eigenvalue weighted by Crippen LogP contribution is 2.37. The third-order valence-corrected chi connectivity index (χ3v) is 4.94. The van der Waals surface area contributed by atoms with Crippen LogP contribution in [0.2, 0.25) is 0 Å². The van der Waals surface area contributed by atoms with Crippen molar-refractivity contribution in [2.75, 3.05) is 0 Å². The molecule has 1 aromatic rings. The molecule has 0 bridgehead atoms. The largest absolute Gasteiger partial charge is 0.289 e. The second kappa shape index (κ2) is 5.25. The van der Waals surface area contributed by atoms with E-state index >= 15 is 0 Å². The fourth-order valence-electron chi connectivity index (χ4n) is 4.01. The van der Waals surface area contributed by atoms with Crippen LogP contribution in [0.15, 0.2) is 11.6 Å². The van der Waals surface area contributed by atoms with E-state index < -0.39 is 0 Å². The zero-order valence-corrected chi connectivity index (χ0v) is 13.1. The molecular formula is C19H22O2. The van der Waals surface area contributed by atoms with Gasteiger partial charge in [-0.1, -0.05) is 13.8 Å². The Morgan fingerprint density at radius 1 is 0.905 bits per heavy atom. The van der Waals surface area contributed by atoms with E-state index in [9.17, 15) is 9.59 Å². The minimum absolute atomic E-state index is 0.0297. The molecule has 2 aliphatic rings. The van der Waals surface area contributed by atoms with E-state index in [1.165, 1.54) is 30.0 Å². The van der Waals surface area contributed by atoms with Crippen LogP contribution in [0.5, 0.6) is 0 Å².